The number of nitrogens with zero attached hydrogens (tertiary/aromatic N) is 1. The highest BCUT2D eigenvalue weighted by atomic mass is 79.9. The van der Waals surface area contributed by atoms with E-state index in [1.54, 1.807) is 0 Å². The Morgan fingerprint density at radius 2 is 1.86 bits per heavy atom. The molecule has 0 saturated carbocycles. The molecule has 1 saturated heterocycles. The molecular formula is C16H21BrN2O2. The Labute approximate surface area is 134 Å². The lowest BCUT2D eigenvalue weighted by Crippen LogP contribution is -2.44. The Hall–Kier alpha value is -1.36. The van der Waals surface area contributed by atoms with Crippen molar-refractivity contribution in [3.05, 3.63) is 34.3 Å². The van der Waals surface area contributed by atoms with Gasteiger partial charge in [-0.2, -0.15) is 0 Å². The molecule has 0 atom stereocenters. The fraction of sp³-hybridized carbons (Fsp3) is 0.500. The minimum absolute atomic E-state index is 0.0238. The summed E-state index contributed by atoms with van der Waals surface area (Å²) >= 11 is 3.41. The molecule has 1 N–H and O–H groups in total. The Morgan fingerprint density at radius 3 is 2.43 bits per heavy atom. The van der Waals surface area contributed by atoms with Crippen LogP contribution in [0.3, 0.4) is 0 Å². The summed E-state index contributed by atoms with van der Waals surface area (Å²) in [7, 11) is 0. The molecule has 0 spiro atoms. The van der Waals surface area contributed by atoms with Crippen molar-refractivity contribution in [1.29, 1.82) is 0 Å². The summed E-state index contributed by atoms with van der Waals surface area (Å²) in [5.74, 6) is 0.166. The van der Waals surface area contributed by atoms with Gasteiger partial charge in [0.15, 0.2) is 0 Å². The van der Waals surface area contributed by atoms with Crippen LogP contribution in [0.1, 0.15) is 37.0 Å². The number of hydrogen-bond acceptors (Lipinski definition) is 2. The summed E-state index contributed by atoms with van der Waals surface area (Å²) in [6.07, 6.45) is 1.46. The van der Waals surface area contributed by atoms with Gasteiger partial charge in [0.05, 0.1) is 5.56 Å². The predicted octanol–water partition coefficient (Wildman–Crippen LogP) is 2.83. The van der Waals surface area contributed by atoms with Gasteiger partial charge >= 0.3 is 0 Å². The monoisotopic (exact) mass is 352 g/mol. The van der Waals surface area contributed by atoms with Crippen LogP contribution in [0.2, 0.25) is 0 Å². The zero-order valence-electron chi connectivity index (χ0n) is 12.4. The predicted molar refractivity (Wildman–Crippen MR) is 86.0 cm³/mol. The van der Waals surface area contributed by atoms with E-state index >= 15 is 0 Å². The van der Waals surface area contributed by atoms with Crippen molar-refractivity contribution in [2.45, 2.75) is 32.7 Å². The Bertz CT molecular complexity index is 523. The first kappa shape index (κ1) is 16.0. The molecule has 0 bridgehead atoms. The molecule has 1 heterocycles. The van der Waals surface area contributed by atoms with Gasteiger partial charge in [-0.05, 0) is 54.8 Å². The number of halogens is 1. The summed E-state index contributed by atoms with van der Waals surface area (Å²) in [5, 5.41) is 2.95. The maximum Gasteiger partial charge on any atom is 0.254 e. The molecule has 114 valence electrons. The largest absolute Gasteiger partial charge is 0.354 e. The summed E-state index contributed by atoms with van der Waals surface area (Å²) in [5.41, 5.74) is 0.683. The zero-order valence-corrected chi connectivity index (χ0v) is 14.0. The number of rotatable bonds is 3. The molecule has 2 rings (SSSR count). The fourth-order valence-electron chi connectivity index (χ4n) is 2.55. The van der Waals surface area contributed by atoms with Gasteiger partial charge in [-0.3, -0.25) is 9.59 Å². The van der Waals surface area contributed by atoms with Gasteiger partial charge in [-0.1, -0.05) is 12.1 Å². The van der Waals surface area contributed by atoms with Crippen LogP contribution < -0.4 is 5.32 Å². The van der Waals surface area contributed by atoms with Gasteiger partial charge in [0.25, 0.3) is 5.91 Å². The Kier molecular flexibility index (Phi) is 5.39. The topological polar surface area (TPSA) is 49.4 Å². The minimum atomic E-state index is 0.0238. The SMILES string of the molecule is CC(C)NC(=O)C1CCN(C(=O)c2ccccc2Br)CC1. The van der Waals surface area contributed by atoms with E-state index < -0.39 is 0 Å². The summed E-state index contributed by atoms with van der Waals surface area (Å²) < 4.78 is 0.815. The van der Waals surface area contributed by atoms with Gasteiger partial charge in [0.1, 0.15) is 0 Å². The molecule has 0 aliphatic carbocycles. The number of nitrogens with one attached hydrogen (secondary N) is 1. The summed E-state index contributed by atoms with van der Waals surface area (Å²) in [6, 6.07) is 7.61. The molecule has 1 aromatic carbocycles. The Balaban J connectivity index is 1.94. The number of benzene rings is 1. The van der Waals surface area contributed by atoms with Gasteiger partial charge in [-0.25, -0.2) is 0 Å². The quantitative estimate of drug-likeness (QED) is 0.909. The molecule has 5 heteroatoms. The van der Waals surface area contributed by atoms with Crippen molar-refractivity contribution >= 4 is 27.7 Å². The molecule has 1 aliphatic rings. The van der Waals surface area contributed by atoms with Gasteiger partial charge in [-0.15, -0.1) is 0 Å². The molecule has 21 heavy (non-hydrogen) atoms. The van der Waals surface area contributed by atoms with Crippen LogP contribution in [0.4, 0.5) is 0 Å². The number of carbonyl (C=O) groups is 2. The molecule has 1 aliphatic heterocycles. The molecule has 0 aromatic heterocycles. The van der Waals surface area contributed by atoms with Gasteiger partial charge < -0.3 is 10.2 Å². The average Bonchev–Trinajstić information content (AvgIpc) is 2.46. The molecular weight excluding hydrogens is 332 g/mol. The van der Waals surface area contributed by atoms with Crippen molar-refractivity contribution in [2.24, 2.45) is 5.92 Å². The third-order valence-corrected chi connectivity index (χ3v) is 4.38. The van der Waals surface area contributed by atoms with Crippen molar-refractivity contribution in [3.8, 4) is 0 Å². The van der Waals surface area contributed by atoms with Crippen molar-refractivity contribution in [1.82, 2.24) is 10.2 Å². The number of hydrogen-bond donors (Lipinski definition) is 1. The second kappa shape index (κ2) is 7.07. The zero-order chi connectivity index (χ0) is 15.4. The van der Waals surface area contributed by atoms with E-state index in [0.717, 1.165) is 17.3 Å². The van der Waals surface area contributed by atoms with Crippen molar-refractivity contribution in [3.63, 3.8) is 0 Å². The van der Waals surface area contributed by atoms with Crippen LogP contribution >= 0.6 is 15.9 Å². The molecule has 0 radical (unpaired) electrons. The lowest BCUT2D eigenvalue weighted by Gasteiger charge is -2.32. The third-order valence-electron chi connectivity index (χ3n) is 3.69. The number of amides is 2. The highest BCUT2D eigenvalue weighted by Gasteiger charge is 2.28. The summed E-state index contributed by atoms with van der Waals surface area (Å²) in [4.78, 5) is 26.3. The van der Waals surface area contributed by atoms with Crippen LogP contribution in [-0.4, -0.2) is 35.8 Å². The molecule has 1 fully saturated rings. The average molecular weight is 353 g/mol. The normalized spacial score (nSPS) is 16.1. The first-order chi connectivity index (χ1) is 9.99. The van der Waals surface area contributed by atoms with Crippen LogP contribution in [-0.2, 0) is 4.79 Å². The van der Waals surface area contributed by atoms with Crippen LogP contribution in [0.15, 0.2) is 28.7 Å². The first-order valence-corrected chi connectivity index (χ1v) is 8.12. The standard InChI is InChI=1S/C16H21BrN2O2/c1-11(2)18-15(20)12-7-9-19(10-8-12)16(21)13-5-3-4-6-14(13)17/h3-6,11-12H,7-10H2,1-2H3,(H,18,20). The molecule has 0 unspecified atom stereocenters. The van der Waals surface area contributed by atoms with E-state index in [0.29, 0.717) is 18.7 Å². The molecule has 4 nitrogen and oxygen atoms in total. The van der Waals surface area contributed by atoms with E-state index in [1.807, 2.05) is 43.0 Å². The summed E-state index contributed by atoms with van der Waals surface area (Å²) in [6.45, 7) is 5.19. The lowest BCUT2D eigenvalue weighted by molar-refractivity contribution is -0.126. The Morgan fingerprint density at radius 1 is 1.24 bits per heavy atom. The van der Waals surface area contributed by atoms with Gasteiger partial charge in [0.2, 0.25) is 5.91 Å². The van der Waals surface area contributed by atoms with Crippen LogP contribution in [0.25, 0.3) is 0 Å². The van der Waals surface area contributed by atoms with Crippen LogP contribution in [0, 0.1) is 5.92 Å². The van der Waals surface area contributed by atoms with E-state index in [9.17, 15) is 9.59 Å². The smallest absolute Gasteiger partial charge is 0.254 e. The number of carbonyl (C=O) groups excluding carboxylic acids is 2. The van der Waals surface area contributed by atoms with Crippen molar-refractivity contribution in [2.75, 3.05) is 13.1 Å². The van der Waals surface area contributed by atoms with Gasteiger partial charge in [0, 0.05) is 29.5 Å². The van der Waals surface area contributed by atoms with E-state index in [-0.39, 0.29) is 23.8 Å². The number of piperidine rings is 1. The third kappa shape index (κ3) is 4.06. The fourth-order valence-corrected chi connectivity index (χ4v) is 3.01. The van der Waals surface area contributed by atoms with Crippen molar-refractivity contribution < 1.29 is 9.59 Å². The lowest BCUT2D eigenvalue weighted by atomic mass is 9.95. The highest BCUT2D eigenvalue weighted by Crippen LogP contribution is 2.22. The van der Waals surface area contributed by atoms with E-state index in [4.69, 9.17) is 0 Å². The molecule has 2 amide bonds. The number of likely N-dealkylation sites (tertiary alicyclic amines) is 1. The second-order valence-electron chi connectivity index (χ2n) is 5.71. The van der Waals surface area contributed by atoms with E-state index in [1.165, 1.54) is 0 Å². The van der Waals surface area contributed by atoms with Crippen LogP contribution in [0.5, 0.6) is 0 Å². The molecule has 1 aromatic rings. The second-order valence-corrected chi connectivity index (χ2v) is 6.56. The maximum absolute atomic E-state index is 12.5. The maximum atomic E-state index is 12.5. The van der Waals surface area contributed by atoms with E-state index in [2.05, 4.69) is 21.2 Å². The minimum Gasteiger partial charge on any atom is -0.354 e. The first-order valence-electron chi connectivity index (χ1n) is 7.33. The highest BCUT2D eigenvalue weighted by molar-refractivity contribution is 9.10.